The van der Waals surface area contributed by atoms with Crippen LogP contribution in [0.1, 0.15) is 24.7 Å². The Balaban J connectivity index is 2.46. The highest BCUT2D eigenvalue weighted by Gasteiger charge is 2.11. The van der Waals surface area contributed by atoms with Gasteiger partial charge in [0.1, 0.15) is 11.6 Å². The van der Waals surface area contributed by atoms with Crippen LogP contribution in [0.15, 0.2) is 30.3 Å². The van der Waals surface area contributed by atoms with Gasteiger partial charge in [-0.3, -0.25) is 0 Å². The molecule has 0 aliphatic rings. The van der Waals surface area contributed by atoms with Gasteiger partial charge in [0.2, 0.25) is 0 Å². The molecule has 3 nitrogen and oxygen atoms in total. The largest absolute Gasteiger partial charge is 0.370 e. The summed E-state index contributed by atoms with van der Waals surface area (Å²) < 4.78 is 0. The summed E-state index contributed by atoms with van der Waals surface area (Å²) in [6, 6.07) is 10.3. The van der Waals surface area contributed by atoms with E-state index in [0.29, 0.717) is 0 Å². The lowest BCUT2D eigenvalue weighted by molar-refractivity contribution is 0.944. The van der Waals surface area contributed by atoms with Crippen molar-refractivity contribution >= 4 is 17.6 Å². The first-order valence-electron chi connectivity index (χ1n) is 6.92. The number of aromatic nitrogens is 2. The second kappa shape index (κ2) is 7.29. The maximum atomic E-state index is 4.73. The number of hydrogen-bond donors (Lipinski definition) is 1. The van der Waals surface area contributed by atoms with Gasteiger partial charge >= 0.3 is 0 Å². The zero-order valence-corrected chi connectivity index (χ0v) is 13.1. The van der Waals surface area contributed by atoms with Crippen molar-refractivity contribution in [2.24, 2.45) is 0 Å². The molecule has 0 spiro atoms. The zero-order chi connectivity index (χ0) is 14.4. The second-order valence-electron chi connectivity index (χ2n) is 4.69. The van der Waals surface area contributed by atoms with Crippen molar-refractivity contribution in [3.8, 4) is 11.3 Å². The van der Waals surface area contributed by atoms with E-state index >= 15 is 0 Å². The van der Waals surface area contributed by atoms with Crippen LogP contribution >= 0.6 is 11.8 Å². The first-order valence-corrected chi connectivity index (χ1v) is 8.31. The van der Waals surface area contributed by atoms with E-state index in [-0.39, 0.29) is 0 Å². The van der Waals surface area contributed by atoms with E-state index in [0.717, 1.165) is 47.2 Å². The van der Waals surface area contributed by atoms with Crippen LogP contribution in [0.4, 0.5) is 5.82 Å². The minimum atomic E-state index is 0.834. The fourth-order valence-electron chi connectivity index (χ4n) is 2.05. The number of benzene rings is 1. The van der Waals surface area contributed by atoms with Crippen molar-refractivity contribution in [3.05, 3.63) is 41.7 Å². The predicted octanol–water partition coefficient (Wildman–Crippen LogP) is 4.14. The number of nitrogens with one attached hydrogen (secondary N) is 1. The van der Waals surface area contributed by atoms with Gasteiger partial charge < -0.3 is 5.32 Å². The third-order valence-electron chi connectivity index (χ3n) is 3.06. The van der Waals surface area contributed by atoms with E-state index in [1.54, 1.807) is 11.8 Å². The van der Waals surface area contributed by atoms with Gasteiger partial charge in [-0.15, -0.1) is 0 Å². The molecule has 106 valence electrons. The summed E-state index contributed by atoms with van der Waals surface area (Å²) in [6.07, 6.45) is 3.16. The first kappa shape index (κ1) is 14.9. The number of anilines is 1. The summed E-state index contributed by atoms with van der Waals surface area (Å²) in [5.74, 6) is 2.69. The highest BCUT2D eigenvalue weighted by atomic mass is 32.2. The maximum absolute atomic E-state index is 4.73. The highest BCUT2D eigenvalue weighted by molar-refractivity contribution is 7.97. The fourth-order valence-corrected chi connectivity index (χ4v) is 2.44. The Bertz CT molecular complexity index is 555. The van der Waals surface area contributed by atoms with Crippen molar-refractivity contribution in [2.75, 3.05) is 18.1 Å². The van der Waals surface area contributed by atoms with Gasteiger partial charge in [-0.25, -0.2) is 9.97 Å². The Morgan fingerprint density at radius 1 is 1.15 bits per heavy atom. The Labute approximate surface area is 125 Å². The smallest absolute Gasteiger partial charge is 0.141 e. The summed E-state index contributed by atoms with van der Waals surface area (Å²) in [5.41, 5.74) is 3.30. The van der Waals surface area contributed by atoms with Gasteiger partial charge in [-0.05, 0) is 19.6 Å². The molecular formula is C16H21N3S. The molecule has 0 saturated carbocycles. The summed E-state index contributed by atoms with van der Waals surface area (Å²) in [5, 5.41) is 3.41. The van der Waals surface area contributed by atoms with Crippen LogP contribution in [0.5, 0.6) is 0 Å². The summed E-state index contributed by atoms with van der Waals surface area (Å²) in [4.78, 5) is 9.37. The lowest BCUT2D eigenvalue weighted by Crippen LogP contribution is -2.08. The molecule has 0 unspecified atom stereocenters. The molecule has 0 saturated heterocycles. The van der Waals surface area contributed by atoms with E-state index in [9.17, 15) is 0 Å². The standard InChI is InChI=1S/C16H21N3S/c1-4-10-17-16-12(2)15(13-8-6-5-7-9-13)18-14(19-16)11-20-3/h5-9H,4,10-11H2,1-3H3,(H,17,18,19). The molecule has 0 aliphatic carbocycles. The lowest BCUT2D eigenvalue weighted by Gasteiger charge is -2.13. The van der Waals surface area contributed by atoms with Gasteiger partial charge in [0.25, 0.3) is 0 Å². The summed E-state index contributed by atoms with van der Waals surface area (Å²) in [6.45, 7) is 5.18. The molecule has 2 aromatic rings. The van der Waals surface area contributed by atoms with Gasteiger partial charge in [-0.1, -0.05) is 37.3 Å². The summed E-state index contributed by atoms with van der Waals surface area (Å²) in [7, 11) is 0. The molecule has 0 amide bonds. The maximum Gasteiger partial charge on any atom is 0.141 e. The minimum absolute atomic E-state index is 0.834. The average molecular weight is 287 g/mol. The van der Waals surface area contributed by atoms with Crippen molar-refractivity contribution in [1.29, 1.82) is 0 Å². The average Bonchev–Trinajstić information content (AvgIpc) is 2.48. The molecule has 1 aromatic heterocycles. The molecule has 0 atom stereocenters. The van der Waals surface area contributed by atoms with Crippen LogP contribution < -0.4 is 5.32 Å². The van der Waals surface area contributed by atoms with Crippen molar-refractivity contribution in [3.63, 3.8) is 0 Å². The molecule has 1 heterocycles. The number of thioether (sulfide) groups is 1. The number of nitrogens with zero attached hydrogens (tertiary/aromatic N) is 2. The Morgan fingerprint density at radius 2 is 1.90 bits per heavy atom. The highest BCUT2D eigenvalue weighted by Crippen LogP contribution is 2.26. The van der Waals surface area contributed by atoms with Crippen molar-refractivity contribution < 1.29 is 0 Å². The second-order valence-corrected chi connectivity index (χ2v) is 5.55. The van der Waals surface area contributed by atoms with E-state index in [2.05, 4.69) is 42.5 Å². The van der Waals surface area contributed by atoms with Gasteiger partial charge in [0.15, 0.2) is 0 Å². The van der Waals surface area contributed by atoms with E-state index < -0.39 is 0 Å². The molecule has 0 aliphatic heterocycles. The first-order chi connectivity index (χ1) is 9.76. The molecular weight excluding hydrogens is 266 g/mol. The SMILES string of the molecule is CCCNc1nc(CSC)nc(-c2ccccc2)c1C. The normalized spacial score (nSPS) is 10.6. The molecule has 1 N–H and O–H groups in total. The lowest BCUT2D eigenvalue weighted by atomic mass is 10.1. The quantitative estimate of drug-likeness (QED) is 0.866. The number of rotatable bonds is 6. The number of hydrogen-bond acceptors (Lipinski definition) is 4. The third-order valence-corrected chi connectivity index (χ3v) is 3.60. The molecule has 1 aromatic carbocycles. The Morgan fingerprint density at radius 3 is 2.55 bits per heavy atom. The molecule has 4 heteroatoms. The predicted molar refractivity (Wildman–Crippen MR) is 88.2 cm³/mol. The van der Waals surface area contributed by atoms with Crippen LogP contribution in [-0.2, 0) is 5.75 Å². The zero-order valence-electron chi connectivity index (χ0n) is 12.3. The third kappa shape index (κ3) is 3.51. The van der Waals surface area contributed by atoms with Crippen LogP contribution in [-0.4, -0.2) is 22.8 Å². The van der Waals surface area contributed by atoms with Gasteiger partial charge in [0, 0.05) is 17.7 Å². The fraction of sp³-hybridized carbons (Fsp3) is 0.375. The molecule has 0 radical (unpaired) electrons. The van der Waals surface area contributed by atoms with Crippen molar-refractivity contribution in [1.82, 2.24) is 9.97 Å². The van der Waals surface area contributed by atoms with Crippen LogP contribution in [0.3, 0.4) is 0 Å². The Kier molecular flexibility index (Phi) is 5.41. The van der Waals surface area contributed by atoms with E-state index in [1.165, 1.54) is 0 Å². The molecule has 20 heavy (non-hydrogen) atoms. The van der Waals surface area contributed by atoms with Gasteiger partial charge in [0.05, 0.1) is 11.4 Å². The van der Waals surface area contributed by atoms with E-state index in [1.807, 2.05) is 18.2 Å². The van der Waals surface area contributed by atoms with Crippen LogP contribution in [0.2, 0.25) is 0 Å². The monoisotopic (exact) mass is 287 g/mol. The van der Waals surface area contributed by atoms with Crippen LogP contribution in [0, 0.1) is 6.92 Å². The van der Waals surface area contributed by atoms with E-state index in [4.69, 9.17) is 4.98 Å². The van der Waals surface area contributed by atoms with Crippen LogP contribution in [0.25, 0.3) is 11.3 Å². The molecule has 0 bridgehead atoms. The van der Waals surface area contributed by atoms with Gasteiger partial charge in [-0.2, -0.15) is 11.8 Å². The summed E-state index contributed by atoms with van der Waals surface area (Å²) >= 11 is 1.74. The Hall–Kier alpha value is -1.55. The topological polar surface area (TPSA) is 37.8 Å². The van der Waals surface area contributed by atoms with Crippen molar-refractivity contribution in [2.45, 2.75) is 26.0 Å². The molecule has 2 rings (SSSR count). The molecule has 0 fully saturated rings. The minimum Gasteiger partial charge on any atom is -0.370 e.